The Balaban J connectivity index is 2.41. The number of nitrogens with zero attached hydrogens (tertiary/aromatic N) is 2. The first-order chi connectivity index (χ1) is 10.8. The van der Waals surface area contributed by atoms with Crippen LogP contribution in [0.2, 0.25) is 5.02 Å². The number of amides is 2. The highest BCUT2D eigenvalue weighted by Gasteiger charge is 2.13. The molecule has 0 aliphatic rings. The topological polar surface area (TPSA) is 102 Å². The molecule has 1 aromatic carbocycles. The fourth-order valence-corrected chi connectivity index (χ4v) is 3.03. The first-order valence-electron chi connectivity index (χ1n) is 6.97. The molecule has 2 N–H and O–H groups in total. The highest BCUT2D eigenvalue weighted by molar-refractivity contribution is 7.88. The van der Waals surface area contributed by atoms with Gasteiger partial charge in [0.25, 0.3) is 0 Å². The third-order valence-electron chi connectivity index (χ3n) is 3.04. The smallest absolute Gasteiger partial charge is 0.319 e. The number of hydrogen-bond acceptors (Lipinski definition) is 4. The molecule has 0 atom stereocenters. The number of benzene rings is 1. The summed E-state index contributed by atoms with van der Waals surface area (Å²) in [5.74, 6) is 0. The lowest BCUT2D eigenvalue weighted by Gasteiger charge is -2.17. The molecule has 0 radical (unpaired) electrons. The number of carbonyl (C=O) groups excluding carboxylic acids is 1. The number of anilines is 1. The Labute approximate surface area is 141 Å². The second-order valence-electron chi connectivity index (χ2n) is 4.80. The van der Waals surface area contributed by atoms with Crippen molar-refractivity contribution in [2.24, 2.45) is 0 Å². The zero-order valence-corrected chi connectivity index (χ0v) is 14.5. The van der Waals surface area contributed by atoms with Gasteiger partial charge in [0.1, 0.15) is 6.07 Å². The minimum atomic E-state index is -3.21. The molecule has 0 saturated heterocycles. The zero-order chi connectivity index (χ0) is 17.5. The van der Waals surface area contributed by atoms with Crippen molar-refractivity contribution >= 4 is 33.3 Å². The van der Waals surface area contributed by atoms with Crippen molar-refractivity contribution in [3.8, 4) is 6.07 Å². The van der Waals surface area contributed by atoms with Crippen LogP contribution in [0.1, 0.15) is 18.9 Å². The summed E-state index contributed by atoms with van der Waals surface area (Å²) in [6.45, 7) is 2.84. The monoisotopic (exact) mass is 358 g/mol. The van der Waals surface area contributed by atoms with Gasteiger partial charge in [0.15, 0.2) is 0 Å². The lowest BCUT2D eigenvalue weighted by atomic mass is 10.2. The standard InChI is InChI=1S/C14H19ClN4O3S/c1-3-19(23(2,21)22)8-4-7-17-14(20)18-12-6-5-11(10-16)13(15)9-12/h5-6,9H,3-4,7-8H2,1-2H3,(H2,17,18,20). The van der Waals surface area contributed by atoms with Gasteiger partial charge in [0, 0.05) is 25.3 Å². The van der Waals surface area contributed by atoms with Crippen molar-refractivity contribution in [3.63, 3.8) is 0 Å². The molecule has 1 rings (SSSR count). The van der Waals surface area contributed by atoms with Crippen LogP contribution in [0.5, 0.6) is 0 Å². The van der Waals surface area contributed by atoms with Crippen LogP contribution in [0, 0.1) is 11.3 Å². The SMILES string of the molecule is CCN(CCCNC(=O)Nc1ccc(C#N)c(Cl)c1)S(C)(=O)=O. The quantitative estimate of drug-likeness (QED) is 0.727. The number of nitrogens with one attached hydrogen (secondary N) is 2. The Morgan fingerprint density at radius 3 is 2.65 bits per heavy atom. The molecule has 0 fully saturated rings. The number of nitriles is 1. The van der Waals surface area contributed by atoms with Crippen LogP contribution in [0.3, 0.4) is 0 Å². The van der Waals surface area contributed by atoms with E-state index in [2.05, 4.69) is 10.6 Å². The van der Waals surface area contributed by atoms with E-state index in [-0.39, 0.29) is 5.02 Å². The lowest BCUT2D eigenvalue weighted by molar-refractivity contribution is 0.251. The van der Waals surface area contributed by atoms with E-state index in [1.807, 2.05) is 6.07 Å². The van der Waals surface area contributed by atoms with E-state index in [9.17, 15) is 13.2 Å². The Hall–Kier alpha value is -1.82. The maximum atomic E-state index is 11.7. The van der Waals surface area contributed by atoms with Crippen molar-refractivity contribution in [3.05, 3.63) is 28.8 Å². The molecule has 0 saturated carbocycles. The van der Waals surface area contributed by atoms with Crippen LogP contribution < -0.4 is 10.6 Å². The van der Waals surface area contributed by atoms with E-state index in [0.717, 1.165) is 6.26 Å². The molecule has 0 heterocycles. The van der Waals surface area contributed by atoms with E-state index in [4.69, 9.17) is 16.9 Å². The molecule has 2 amide bonds. The number of halogens is 1. The Bertz CT molecular complexity index is 700. The molecular formula is C14H19ClN4O3S. The minimum Gasteiger partial charge on any atom is -0.338 e. The molecule has 0 bridgehead atoms. The van der Waals surface area contributed by atoms with Crippen LogP contribution in [-0.4, -0.2) is 44.6 Å². The first kappa shape index (κ1) is 19.2. The van der Waals surface area contributed by atoms with Crippen molar-refractivity contribution in [1.29, 1.82) is 5.26 Å². The third kappa shape index (κ3) is 6.44. The van der Waals surface area contributed by atoms with Crippen LogP contribution in [0.4, 0.5) is 10.5 Å². The normalized spacial score (nSPS) is 11.1. The summed E-state index contributed by atoms with van der Waals surface area (Å²) in [5, 5.41) is 14.3. The predicted molar refractivity (Wildman–Crippen MR) is 89.9 cm³/mol. The second-order valence-corrected chi connectivity index (χ2v) is 7.19. The molecule has 0 aromatic heterocycles. The highest BCUT2D eigenvalue weighted by atomic mass is 35.5. The van der Waals surface area contributed by atoms with Crippen LogP contribution in [-0.2, 0) is 10.0 Å². The van der Waals surface area contributed by atoms with Gasteiger partial charge in [-0.15, -0.1) is 0 Å². The maximum Gasteiger partial charge on any atom is 0.319 e. The summed E-state index contributed by atoms with van der Waals surface area (Å²) in [4.78, 5) is 11.7. The lowest BCUT2D eigenvalue weighted by Crippen LogP contribution is -2.34. The van der Waals surface area contributed by atoms with Gasteiger partial charge in [-0.25, -0.2) is 17.5 Å². The average Bonchev–Trinajstić information content (AvgIpc) is 2.46. The molecule has 9 heteroatoms. The van der Waals surface area contributed by atoms with Gasteiger partial charge in [0.05, 0.1) is 16.8 Å². The maximum absolute atomic E-state index is 11.7. The van der Waals surface area contributed by atoms with E-state index in [1.54, 1.807) is 13.0 Å². The van der Waals surface area contributed by atoms with Crippen LogP contribution in [0.15, 0.2) is 18.2 Å². The van der Waals surface area contributed by atoms with Crippen molar-refractivity contribution < 1.29 is 13.2 Å². The van der Waals surface area contributed by atoms with Crippen LogP contribution in [0.25, 0.3) is 0 Å². The summed E-state index contributed by atoms with van der Waals surface area (Å²) >= 11 is 5.88. The number of carbonyl (C=O) groups is 1. The average molecular weight is 359 g/mol. The number of sulfonamides is 1. The molecular weight excluding hydrogens is 340 g/mol. The van der Waals surface area contributed by atoms with Gasteiger partial charge in [0.2, 0.25) is 10.0 Å². The fraction of sp³-hybridized carbons (Fsp3) is 0.429. The summed E-state index contributed by atoms with van der Waals surface area (Å²) in [6, 6.07) is 6.09. The summed E-state index contributed by atoms with van der Waals surface area (Å²) in [6.07, 6.45) is 1.66. The van der Waals surface area contributed by atoms with Crippen LogP contribution >= 0.6 is 11.6 Å². The molecule has 0 aliphatic heterocycles. The third-order valence-corrected chi connectivity index (χ3v) is 4.73. The second kappa shape index (κ2) is 8.72. The van der Waals surface area contributed by atoms with Crippen molar-refractivity contribution in [1.82, 2.24) is 9.62 Å². The molecule has 126 valence electrons. The Kier molecular flexibility index (Phi) is 7.29. The predicted octanol–water partition coefficient (Wildman–Crippen LogP) is 2.00. The Morgan fingerprint density at radius 2 is 2.13 bits per heavy atom. The molecule has 0 aliphatic carbocycles. The van der Waals surface area contributed by atoms with E-state index in [0.29, 0.717) is 37.3 Å². The molecule has 1 aromatic rings. The largest absolute Gasteiger partial charge is 0.338 e. The molecule has 7 nitrogen and oxygen atoms in total. The highest BCUT2D eigenvalue weighted by Crippen LogP contribution is 2.19. The van der Waals surface area contributed by atoms with Gasteiger partial charge < -0.3 is 10.6 Å². The molecule has 23 heavy (non-hydrogen) atoms. The van der Waals surface area contributed by atoms with Gasteiger partial charge in [-0.3, -0.25) is 0 Å². The fourth-order valence-electron chi connectivity index (χ4n) is 1.87. The van der Waals surface area contributed by atoms with Gasteiger partial charge in [-0.1, -0.05) is 18.5 Å². The number of urea groups is 1. The molecule has 0 spiro atoms. The van der Waals surface area contributed by atoms with Gasteiger partial charge in [-0.2, -0.15) is 5.26 Å². The zero-order valence-electron chi connectivity index (χ0n) is 13.0. The van der Waals surface area contributed by atoms with E-state index < -0.39 is 16.1 Å². The Morgan fingerprint density at radius 1 is 1.43 bits per heavy atom. The first-order valence-corrected chi connectivity index (χ1v) is 9.20. The van der Waals surface area contributed by atoms with Gasteiger partial charge >= 0.3 is 6.03 Å². The van der Waals surface area contributed by atoms with E-state index in [1.165, 1.54) is 16.4 Å². The summed E-state index contributed by atoms with van der Waals surface area (Å²) < 4.78 is 24.2. The number of hydrogen-bond donors (Lipinski definition) is 2. The van der Waals surface area contributed by atoms with E-state index >= 15 is 0 Å². The summed E-state index contributed by atoms with van der Waals surface area (Å²) in [5.41, 5.74) is 0.802. The van der Waals surface area contributed by atoms with Crippen molar-refractivity contribution in [2.45, 2.75) is 13.3 Å². The molecule has 0 unspecified atom stereocenters. The van der Waals surface area contributed by atoms with Gasteiger partial charge in [-0.05, 0) is 24.6 Å². The van der Waals surface area contributed by atoms with Crippen molar-refractivity contribution in [2.75, 3.05) is 31.2 Å². The minimum absolute atomic E-state index is 0.261. The number of rotatable bonds is 7. The summed E-state index contributed by atoms with van der Waals surface area (Å²) in [7, 11) is -3.21.